The van der Waals surface area contributed by atoms with Crippen molar-refractivity contribution in [1.29, 1.82) is 0 Å². The summed E-state index contributed by atoms with van der Waals surface area (Å²) >= 11 is 0. The Morgan fingerprint density at radius 1 is 0.710 bits per heavy atom. The van der Waals surface area contributed by atoms with Gasteiger partial charge in [0.2, 0.25) is 5.79 Å². The number of nitrogens with two attached hydrogens (primary N) is 1. The molecule has 0 bridgehead atoms. The van der Waals surface area contributed by atoms with Crippen LogP contribution in [0, 0.1) is 0 Å². The van der Waals surface area contributed by atoms with Crippen molar-refractivity contribution in [2.24, 2.45) is 5.73 Å². The molecular weight excluding hydrogens is 398 g/mol. The van der Waals surface area contributed by atoms with Crippen LogP contribution in [0.1, 0.15) is 105 Å². The molecule has 0 saturated carbocycles. The quantitative estimate of drug-likeness (QED) is 0.165. The SMILES string of the molecule is CCCCCCCCCCC(OCC)(OC(C)CCO)C(N)(OCC)OC(C)CCO. The maximum atomic E-state index is 9.38. The van der Waals surface area contributed by atoms with Crippen molar-refractivity contribution in [3.05, 3.63) is 0 Å². The molecule has 0 aromatic rings. The molecule has 0 amide bonds. The molecule has 0 fully saturated rings. The average molecular weight is 450 g/mol. The first-order valence-electron chi connectivity index (χ1n) is 12.5. The molecule has 0 heterocycles. The van der Waals surface area contributed by atoms with Crippen LogP contribution in [-0.2, 0) is 18.9 Å². The van der Waals surface area contributed by atoms with Gasteiger partial charge in [0.15, 0.2) is 0 Å². The molecule has 0 aromatic heterocycles. The summed E-state index contributed by atoms with van der Waals surface area (Å²) in [4.78, 5) is 0. The number of hydrogen-bond donors (Lipinski definition) is 3. The lowest BCUT2D eigenvalue weighted by Crippen LogP contribution is -2.68. The topological polar surface area (TPSA) is 103 Å². The van der Waals surface area contributed by atoms with Gasteiger partial charge >= 0.3 is 0 Å². The largest absolute Gasteiger partial charge is 0.396 e. The van der Waals surface area contributed by atoms with Crippen molar-refractivity contribution in [3.8, 4) is 0 Å². The van der Waals surface area contributed by atoms with E-state index in [2.05, 4.69) is 6.92 Å². The second kappa shape index (κ2) is 18.2. The first-order chi connectivity index (χ1) is 14.8. The minimum absolute atomic E-state index is 0.00904. The van der Waals surface area contributed by atoms with Crippen LogP contribution in [0.3, 0.4) is 0 Å². The second-order valence-corrected chi connectivity index (χ2v) is 8.39. The highest BCUT2D eigenvalue weighted by Gasteiger charge is 2.55. The summed E-state index contributed by atoms with van der Waals surface area (Å²) in [7, 11) is 0. The third-order valence-electron chi connectivity index (χ3n) is 5.47. The summed E-state index contributed by atoms with van der Waals surface area (Å²) in [5.74, 6) is -2.94. The van der Waals surface area contributed by atoms with Crippen molar-refractivity contribution in [3.63, 3.8) is 0 Å². The van der Waals surface area contributed by atoms with E-state index in [1.165, 1.54) is 32.1 Å². The Hall–Kier alpha value is -0.280. The Labute approximate surface area is 191 Å². The van der Waals surface area contributed by atoms with Gasteiger partial charge in [-0.25, -0.2) is 0 Å². The fraction of sp³-hybridized carbons (Fsp3) is 1.00. The fourth-order valence-electron chi connectivity index (χ4n) is 3.80. The van der Waals surface area contributed by atoms with Crippen LogP contribution in [-0.4, -0.2) is 60.5 Å². The van der Waals surface area contributed by atoms with Crippen molar-refractivity contribution < 1.29 is 29.2 Å². The van der Waals surface area contributed by atoms with Gasteiger partial charge in [0, 0.05) is 32.8 Å². The average Bonchev–Trinajstić information content (AvgIpc) is 2.70. The Kier molecular flexibility index (Phi) is 18.0. The third-order valence-corrected chi connectivity index (χ3v) is 5.47. The highest BCUT2D eigenvalue weighted by Crippen LogP contribution is 2.37. The number of ether oxygens (including phenoxy) is 4. The van der Waals surface area contributed by atoms with E-state index in [4.69, 9.17) is 24.7 Å². The van der Waals surface area contributed by atoms with E-state index in [1.54, 1.807) is 0 Å². The van der Waals surface area contributed by atoms with E-state index in [1.807, 2.05) is 27.7 Å². The standard InChI is InChI=1S/C24H51NO6/c1-6-9-10-11-12-13-14-15-18-23(28-7-2,30-21(4)16-19-26)24(25,29-8-3)31-22(5)17-20-27/h21-22,26-27H,6-20,25H2,1-5H3. The first-order valence-corrected chi connectivity index (χ1v) is 12.5. The lowest BCUT2D eigenvalue weighted by atomic mass is 10.0. The Morgan fingerprint density at radius 3 is 1.68 bits per heavy atom. The molecule has 31 heavy (non-hydrogen) atoms. The summed E-state index contributed by atoms with van der Waals surface area (Å²) in [6, 6.07) is 0. The lowest BCUT2D eigenvalue weighted by molar-refractivity contribution is -0.425. The molecule has 0 saturated heterocycles. The molecule has 0 spiro atoms. The summed E-state index contributed by atoms with van der Waals surface area (Å²) in [6.07, 6.45) is 10.2. The smallest absolute Gasteiger partial charge is 0.282 e. The van der Waals surface area contributed by atoms with E-state index in [9.17, 15) is 10.2 Å². The van der Waals surface area contributed by atoms with E-state index in [0.717, 1.165) is 19.3 Å². The summed E-state index contributed by atoms with van der Waals surface area (Å²) in [6.45, 7) is 10.4. The lowest BCUT2D eigenvalue weighted by Gasteiger charge is -2.48. The molecule has 7 nitrogen and oxygen atoms in total. The van der Waals surface area contributed by atoms with Crippen LogP contribution in [0.25, 0.3) is 0 Å². The van der Waals surface area contributed by atoms with Gasteiger partial charge in [0.1, 0.15) is 0 Å². The van der Waals surface area contributed by atoms with Gasteiger partial charge in [-0.1, -0.05) is 51.9 Å². The van der Waals surface area contributed by atoms with Crippen LogP contribution in [0.4, 0.5) is 0 Å². The molecule has 0 radical (unpaired) electrons. The minimum atomic E-state index is -1.63. The molecule has 0 aromatic carbocycles. The van der Waals surface area contributed by atoms with Crippen LogP contribution in [0.2, 0.25) is 0 Å². The molecule has 4 unspecified atom stereocenters. The zero-order valence-corrected chi connectivity index (χ0v) is 20.9. The van der Waals surface area contributed by atoms with Gasteiger partial charge in [0.05, 0.1) is 12.2 Å². The Balaban J connectivity index is 5.42. The van der Waals surface area contributed by atoms with Crippen LogP contribution in [0.5, 0.6) is 0 Å². The molecule has 0 aliphatic rings. The highest BCUT2D eigenvalue weighted by atomic mass is 16.8. The molecule has 0 rings (SSSR count). The number of rotatable bonds is 22. The van der Waals surface area contributed by atoms with Gasteiger partial charge in [0.25, 0.3) is 5.91 Å². The summed E-state index contributed by atoms with van der Waals surface area (Å²) in [5, 5.41) is 18.7. The predicted molar refractivity (Wildman–Crippen MR) is 125 cm³/mol. The molecule has 4 atom stereocenters. The number of hydrogen-bond acceptors (Lipinski definition) is 7. The van der Waals surface area contributed by atoms with Gasteiger partial charge < -0.3 is 29.2 Å². The molecule has 188 valence electrons. The van der Waals surface area contributed by atoms with Crippen molar-refractivity contribution in [2.45, 2.75) is 129 Å². The Bertz CT molecular complexity index is 414. The number of unbranched alkanes of at least 4 members (excludes halogenated alkanes) is 7. The van der Waals surface area contributed by atoms with Crippen LogP contribution < -0.4 is 5.73 Å². The maximum absolute atomic E-state index is 9.38. The highest BCUT2D eigenvalue weighted by molar-refractivity contribution is 4.87. The van der Waals surface area contributed by atoms with Crippen molar-refractivity contribution >= 4 is 0 Å². The number of aliphatic hydroxyl groups is 2. The van der Waals surface area contributed by atoms with Crippen LogP contribution >= 0.6 is 0 Å². The molecule has 0 aliphatic carbocycles. The van der Waals surface area contributed by atoms with Gasteiger partial charge in [-0.3, -0.25) is 5.73 Å². The third kappa shape index (κ3) is 11.9. The summed E-state index contributed by atoms with van der Waals surface area (Å²) in [5.41, 5.74) is 6.71. The monoisotopic (exact) mass is 449 g/mol. The van der Waals surface area contributed by atoms with E-state index >= 15 is 0 Å². The molecule has 0 aliphatic heterocycles. The molecule has 4 N–H and O–H groups in total. The zero-order chi connectivity index (χ0) is 23.6. The van der Waals surface area contributed by atoms with Crippen molar-refractivity contribution in [1.82, 2.24) is 0 Å². The van der Waals surface area contributed by atoms with E-state index in [0.29, 0.717) is 32.5 Å². The normalized spacial score (nSPS) is 17.8. The predicted octanol–water partition coefficient (Wildman–Crippen LogP) is 4.47. The van der Waals surface area contributed by atoms with Crippen molar-refractivity contribution in [2.75, 3.05) is 26.4 Å². The van der Waals surface area contributed by atoms with E-state index < -0.39 is 11.7 Å². The maximum Gasteiger partial charge on any atom is 0.282 e. The van der Waals surface area contributed by atoms with Crippen LogP contribution in [0.15, 0.2) is 0 Å². The summed E-state index contributed by atoms with van der Waals surface area (Å²) < 4.78 is 24.6. The zero-order valence-electron chi connectivity index (χ0n) is 20.9. The van der Waals surface area contributed by atoms with Gasteiger partial charge in [-0.15, -0.1) is 0 Å². The fourth-order valence-corrected chi connectivity index (χ4v) is 3.80. The van der Waals surface area contributed by atoms with Gasteiger partial charge in [-0.2, -0.15) is 0 Å². The molecule has 7 heteroatoms. The Morgan fingerprint density at radius 2 is 1.19 bits per heavy atom. The molecular formula is C24H51NO6. The number of aliphatic hydroxyl groups excluding tert-OH is 2. The van der Waals surface area contributed by atoms with E-state index in [-0.39, 0.29) is 25.4 Å². The van der Waals surface area contributed by atoms with Gasteiger partial charge in [-0.05, 0) is 47.0 Å². The minimum Gasteiger partial charge on any atom is -0.396 e. The first kappa shape index (κ1) is 30.7. The second-order valence-electron chi connectivity index (χ2n) is 8.39.